The Morgan fingerprint density at radius 2 is 2.04 bits per heavy atom. The number of nitrogens with one attached hydrogen (secondary N) is 1. The Balaban J connectivity index is 1.57. The number of imidazole rings is 1. The fourth-order valence-corrected chi connectivity index (χ4v) is 3.07. The van der Waals surface area contributed by atoms with E-state index < -0.39 is 12.7 Å². The van der Waals surface area contributed by atoms with Crippen molar-refractivity contribution in [3.63, 3.8) is 0 Å². The number of likely N-dealkylation sites (tertiary alicyclic amines) is 1. The lowest BCUT2D eigenvalue weighted by molar-refractivity contribution is -0.148. The third kappa shape index (κ3) is 3.79. The van der Waals surface area contributed by atoms with E-state index >= 15 is 0 Å². The number of halogens is 3. The molecule has 24 heavy (non-hydrogen) atoms. The summed E-state index contributed by atoms with van der Waals surface area (Å²) in [5.41, 5.74) is 1.14. The zero-order valence-electron chi connectivity index (χ0n) is 13.1. The van der Waals surface area contributed by atoms with Crippen LogP contribution in [0.5, 0.6) is 0 Å². The number of pyridine rings is 1. The van der Waals surface area contributed by atoms with Crippen LogP contribution in [0.15, 0.2) is 24.4 Å². The van der Waals surface area contributed by atoms with Crippen LogP contribution in [0.1, 0.15) is 18.5 Å². The van der Waals surface area contributed by atoms with Gasteiger partial charge in [0.2, 0.25) is 0 Å². The molecule has 1 N–H and O–H groups in total. The molecular formula is C16H18F3N5. The molecule has 0 radical (unpaired) electrons. The lowest BCUT2D eigenvalue weighted by atomic mass is 9.97. The predicted molar refractivity (Wildman–Crippen MR) is 83.6 cm³/mol. The summed E-state index contributed by atoms with van der Waals surface area (Å²) >= 11 is 0. The molecule has 0 bridgehead atoms. The molecule has 0 saturated carbocycles. The van der Waals surface area contributed by atoms with Crippen molar-refractivity contribution in [1.82, 2.24) is 14.3 Å². The normalized spacial score (nSPS) is 17.1. The third-order valence-electron chi connectivity index (χ3n) is 4.30. The van der Waals surface area contributed by atoms with Crippen molar-refractivity contribution < 1.29 is 13.2 Å². The van der Waals surface area contributed by atoms with Gasteiger partial charge < -0.3 is 5.32 Å². The van der Waals surface area contributed by atoms with Gasteiger partial charge in [0.15, 0.2) is 11.5 Å². The molecule has 0 atom stereocenters. The molecule has 2 aromatic heterocycles. The minimum absolute atomic E-state index is 0.283. The number of nitrogens with zero attached hydrogens (tertiary/aromatic N) is 4. The van der Waals surface area contributed by atoms with E-state index in [1.807, 2.05) is 18.2 Å². The second kappa shape index (κ2) is 6.69. The topological polar surface area (TPSA) is 56.4 Å². The monoisotopic (exact) mass is 337 g/mol. The highest BCUT2D eigenvalue weighted by atomic mass is 19.4. The molecule has 1 fully saturated rings. The van der Waals surface area contributed by atoms with E-state index in [0.29, 0.717) is 49.6 Å². The molecule has 1 saturated heterocycles. The molecule has 0 spiro atoms. The number of rotatable bonds is 4. The highest BCUT2D eigenvalue weighted by Gasteiger charge is 2.32. The third-order valence-corrected chi connectivity index (χ3v) is 4.30. The zero-order chi connectivity index (χ0) is 17.2. The molecule has 8 heteroatoms. The van der Waals surface area contributed by atoms with Crippen molar-refractivity contribution >= 4 is 11.5 Å². The van der Waals surface area contributed by atoms with Crippen LogP contribution in [0.2, 0.25) is 0 Å². The molecule has 0 amide bonds. The number of piperidine rings is 1. The summed E-state index contributed by atoms with van der Waals surface area (Å²) in [4.78, 5) is 5.85. The zero-order valence-corrected chi connectivity index (χ0v) is 13.1. The van der Waals surface area contributed by atoms with Crippen molar-refractivity contribution in [3.8, 4) is 6.07 Å². The number of aromatic nitrogens is 2. The molecule has 0 unspecified atom stereocenters. The molecule has 1 aliphatic heterocycles. The van der Waals surface area contributed by atoms with Crippen molar-refractivity contribution in [2.75, 3.05) is 31.5 Å². The molecule has 1 aliphatic rings. The van der Waals surface area contributed by atoms with Gasteiger partial charge in [0.1, 0.15) is 11.7 Å². The van der Waals surface area contributed by atoms with E-state index in [0.717, 1.165) is 0 Å². The Labute approximate surface area is 137 Å². The Bertz CT molecular complexity index is 738. The van der Waals surface area contributed by atoms with Crippen LogP contribution < -0.4 is 5.32 Å². The van der Waals surface area contributed by atoms with Crippen LogP contribution in [0.25, 0.3) is 5.65 Å². The average molecular weight is 337 g/mol. The molecule has 0 aliphatic carbocycles. The van der Waals surface area contributed by atoms with Gasteiger partial charge in [-0.05, 0) is 44.0 Å². The highest BCUT2D eigenvalue weighted by molar-refractivity contribution is 5.58. The maximum absolute atomic E-state index is 12.4. The Morgan fingerprint density at radius 3 is 2.71 bits per heavy atom. The van der Waals surface area contributed by atoms with Crippen LogP contribution in [-0.2, 0) is 0 Å². The van der Waals surface area contributed by atoms with Crippen LogP contribution in [0.3, 0.4) is 0 Å². The van der Waals surface area contributed by atoms with Crippen LogP contribution in [0.4, 0.5) is 19.0 Å². The first-order chi connectivity index (χ1) is 11.5. The van der Waals surface area contributed by atoms with Crippen molar-refractivity contribution in [2.24, 2.45) is 5.92 Å². The van der Waals surface area contributed by atoms with E-state index in [1.165, 1.54) is 4.90 Å². The number of hydrogen-bond donors (Lipinski definition) is 1. The van der Waals surface area contributed by atoms with Gasteiger partial charge in [-0.15, -0.1) is 0 Å². The maximum atomic E-state index is 12.4. The Hall–Kier alpha value is -2.27. The van der Waals surface area contributed by atoms with Gasteiger partial charge in [-0.2, -0.15) is 18.4 Å². The number of fused-ring (bicyclic) bond motifs is 1. The maximum Gasteiger partial charge on any atom is 0.401 e. The van der Waals surface area contributed by atoms with Crippen LogP contribution in [0, 0.1) is 17.2 Å². The van der Waals surface area contributed by atoms with Gasteiger partial charge in [0, 0.05) is 12.7 Å². The Kier molecular flexibility index (Phi) is 4.62. The van der Waals surface area contributed by atoms with Gasteiger partial charge >= 0.3 is 6.18 Å². The molecule has 128 valence electrons. The van der Waals surface area contributed by atoms with Gasteiger partial charge in [-0.25, -0.2) is 4.98 Å². The fourth-order valence-electron chi connectivity index (χ4n) is 3.07. The van der Waals surface area contributed by atoms with Crippen LogP contribution >= 0.6 is 0 Å². The summed E-state index contributed by atoms with van der Waals surface area (Å²) in [5.74, 6) is 0.812. The van der Waals surface area contributed by atoms with Crippen molar-refractivity contribution in [3.05, 3.63) is 30.1 Å². The lowest BCUT2D eigenvalue weighted by Gasteiger charge is -2.32. The van der Waals surface area contributed by atoms with E-state index in [2.05, 4.69) is 16.4 Å². The minimum Gasteiger partial charge on any atom is -0.367 e. The molecule has 3 rings (SSSR count). The number of anilines is 1. The Morgan fingerprint density at radius 1 is 1.29 bits per heavy atom. The van der Waals surface area contributed by atoms with Gasteiger partial charge in [-0.3, -0.25) is 9.30 Å². The lowest BCUT2D eigenvalue weighted by Crippen LogP contribution is -2.41. The minimum atomic E-state index is -4.14. The van der Waals surface area contributed by atoms with Crippen molar-refractivity contribution in [2.45, 2.75) is 19.0 Å². The number of nitriles is 1. The summed E-state index contributed by atoms with van der Waals surface area (Å²) in [6.07, 6.45) is -0.943. The summed E-state index contributed by atoms with van der Waals surface area (Å²) < 4.78 is 38.9. The smallest absolute Gasteiger partial charge is 0.367 e. The van der Waals surface area contributed by atoms with E-state index in [9.17, 15) is 18.4 Å². The van der Waals surface area contributed by atoms with Crippen molar-refractivity contribution in [1.29, 1.82) is 5.26 Å². The largest absolute Gasteiger partial charge is 0.401 e. The second-order valence-electron chi connectivity index (χ2n) is 6.07. The summed E-state index contributed by atoms with van der Waals surface area (Å²) in [6, 6.07) is 7.64. The highest BCUT2D eigenvalue weighted by Crippen LogP contribution is 2.23. The fraction of sp³-hybridized carbons (Fsp3) is 0.500. The van der Waals surface area contributed by atoms with E-state index in [4.69, 9.17) is 0 Å². The molecule has 3 heterocycles. The SMILES string of the molecule is N#Cc1c(NCC2CCN(CC(F)(F)F)CC2)nc2ccccn12. The first-order valence-corrected chi connectivity index (χ1v) is 7.86. The number of alkyl halides is 3. The number of hydrogen-bond acceptors (Lipinski definition) is 4. The summed E-state index contributed by atoms with van der Waals surface area (Å²) in [5, 5.41) is 12.5. The quantitative estimate of drug-likeness (QED) is 0.932. The predicted octanol–water partition coefficient (Wildman–Crippen LogP) is 2.89. The van der Waals surface area contributed by atoms with Gasteiger partial charge in [0.25, 0.3) is 0 Å². The van der Waals surface area contributed by atoms with Gasteiger partial charge in [-0.1, -0.05) is 6.07 Å². The molecule has 5 nitrogen and oxygen atoms in total. The molecule has 2 aromatic rings. The van der Waals surface area contributed by atoms with Crippen LogP contribution in [-0.4, -0.2) is 46.6 Å². The summed E-state index contributed by atoms with van der Waals surface area (Å²) in [7, 11) is 0. The average Bonchev–Trinajstić information content (AvgIpc) is 2.90. The standard InChI is InChI=1S/C16H18F3N5/c17-16(18,19)11-23-7-4-12(5-8-23)10-21-15-13(9-20)24-6-2-1-3-14(24)22-15/h1-3,6,12,21H,4-5,7-8,10-11H2. The molecular weight excluding hydrogens is 319 g/mol. The molecule has 0 aromatic carbocycles. The van der Waals surface area contributed by atoms with E-state index in [-0.39, 0.29) is 5.92 Å². The summed E-state index contributed by atoms with van der Waals surface area (Å²) in [6.45, 7) is 0.668. The second-order valence-corrected chi connectivity index (χ2v) is 6.07. The van der Waals surface area contributed by atoms with Gasteiger partial charge in [0.05, 0.1) is 6.54 Å². The van der Waals surface area contributed by atoms with E-state index in [1.54, 1.807) is 10.6 Å². The first kappa shape index (κ1) is 16.6. The first-order valence-electron chi connectivity index (χ1n) is 7.86.